The van der Waals surface area contributed by atoms with Crippen LogP contribution >= 0.6 is 0 Å². The van der Waals surface area contributed by atoms with Gasteiger partial charge in [0, 0.05) is 18.2 Å². The summed E-state index contributed by atoms with van der Waals surface area (Å²) in [7, 11) is 0. The molecule has 4 nitrogen and oxygen atoms in total. The maximum Gasteiger partial charge on any atom is 0.117 e. The van der Waals surface area contributed by atoms with Gasteiger partial charge in [-0.15, -0.1) is 0 Å². The van der Waals surface area contributed by atoms with E-state index in [9.17, 15) is 0 Å². The van der Waals surface area contributed by atoms with Gasteiger partial charge in [0.1, 0.15) is 11.4 Å². The first-order chi connectivity index (χ1) is 11.3. The summed E-state index contributed by atoms with van der Waals surface area (Å²) >= 11 is 0. The topological polar surface area (TPSA) is 42.7 Å². The Morgan fingerprint density at radius 1 is 0.957 bits per heavy atom. The van der Waals surface area contributed by atoms with Crippen LogP contribution in [0, 0.1) is 0 Å². The first-order valence-electron chi connectivity index (χ1n) is 8.05. The molecule has 0 fully saturated rings. The Bertz CT molecular complexity index is 735. The summed E-state index contributed by atoms with van der Waals surface area (Å²) in [6.07, 6.45) is 0. The molecule has 4 heteroatoms. The van der Waals surface area contributed by atoms with E-state index in [0.29, 0.717) is 6.54 Å². The van der Waals surface area contributed by atoms with Crippen LogP contribution in [0.25, 0.3) is 11.3 Å². The number of aryl methyl sites for hydroxylation is 1. The molecule has 0 aliphatic rings. The minimum Gasteiger partial charge on any atom is -0.304 e. The second-order valence-corrected chi connectivity index (χ2v) is 5.56. The Morgan fingerprint density at radius 3 is 2.26 bits per heavy atom. The van der Waals surface area contributed by atoms with E-state index in [1.54, 1.807) is 4.80 Å². The van der Waals surface area contributed by atoms with Crippen molar-refractivity contribution in [3.8, 4) is 11.3 Å². The molecule has 0 amide bonds. The van der Waals surface area contributed by atoms with Crippen LogP contribution in [0.5, 0.6) is 0 Å². The number of rotatable bonds is 6. The molecule has 2 aromatic carbocycles. The highest BCUT2D eigenvalue weighted by molar-refractivity contribution is 5.60. The van der Waals surface area contributed by atoms with E-state index in [2.05, 4.69) is 65.8 Å². The molecule has 0 radical (unpaired) electrons. The number of nitrogens with zero attached hydrogens (tertiary/aromatic N) is 3. The zero-order valence-corrected chi connectivity index (χ0v) is 13.6. The molecule has 0 aliphatic heterocycles. The standard InChI is InChI=1S/C19H22N4/c1-3-23-21-18(19(22-23)17-12-8-5-9-13-17)14-20-15(2)16-10-6-4-7-11-16/h4-13,15,20H,3,14H2,1-2H3/t15-/m0/s1. The molecular formula is C19H22N4. The molecule has 3 rings (SSSR count). The molecule has 118 valence electrons. The van der Waals surface area contributed by atoms with Crippen LogP contribution in [0.1, 0.15) is 31.1 Å². The van der Waals surface area contributed by atoms with Crippen LogP contribution in [0.4, 0.5) is 0 Å². The molecule has 0 aliphatic carbocycles. The highest BCUT2D eigenvalue weighted by Gasteiger charge is 2.13. The van der Waals surface area contributed by atoms with Crippen molar-refractivity contribution < 1.29 is 0 Å². The van der Waals surface area contributed by atoms with Gasteiger partial charge in [0.25, 0.3) is 0 Å². The lowest BCUT2D eigenvalue weighted by molar-refractivity contribution is 0.538. The average Bonchev–Trinajstić information content (AvgIpc) is 3.04. The monoisotopic (exact) mass is 306 g/mol. The third-order valence-corrected chi connectivity index (χ3v) is 3.93. The van der Waals surface area contributed by atoms with Crippen molar-refractivity contribution in [3.63, 3.8) is 0 Å². The maximum absolute atomic E-state index is 4.62. The van der Waals surface area contributed by atoms with E-state index in [1.165, 1.54) is 5.56 Å². The van der Waals surface area contributed by atoms with E-state index >= 15 is 0 Å². The van der Waals surface area contributed by atoms with Crippen LogP contribution in [0.3, 0.4) is 0 Å². The van der Waals surface area contributed by atoms with Crippen molar-refractivity contribution >= 4 is 0 Å². The molecular weight excluding hydrogens is 284 g/mol. The maximum atomic E-state index is 4.62. The third kappa shape index (κ3) is 3.66. The number of hydrogen-bond acceptors (Lipinski definition) is 3. The zero-order chi connectivity index (χ0) is 16.1. The SMILES string of the molecule is CCn1nc(CN[C@@H](C)c2ccccc2)c(-c2ccccc2)n1. The Labute approximate surface area is 137 Å². The molecule has 1 heterocycles. The van der Waals surface area contributed by atoms with Crippen LogP contribution in [-0.4, -0.2) is 15.0 Å². The lowest BCUT2D eigenvalue weighted by Crippen LogP contribution is -2.18. The molecule has 0 saturated carbocycles. The number of benzene rings is 2. The van der Waals surface area contributed by atoms with E-state index in [1.807, 2.05) is 24.3 Å². The summed E-state index contributed by atoms with van der Waals surface area (Å²) in [4.78, 5) is 1.76. The van der Waals surface area contributed by atoms with Crippen molar-refractivity contribution in [1.29, 1.82) is 0 Å². The lowest BCUT2D eigenvalue weighted by atomic mass is 10.1. The fourth-order valence-corrected chi connectivity index (χ4v) is 2.57. The second kappa shape index (κ2) is 7.20. The van der Waals surface area contributed by atoms with Crippen molar-refractivity contribution in [3.05, 3.63) is 71.9 Å². The third-order valence-electron chi connectivity index (χ3n) is 3.93. The smallest absolute Gasteiger partial charge is 0.117 e. The van der Waals surface area contributed by atoms with Crippen molar-refractivity contribution in [1.82, 2.24) is 20.3 Å². The minimum atomic E-state index is 0.270. The number of nitrogens with one attached hydrogen (secondary N) is 1. The van der Waals surface area contributed by atoms with E-state index in [-0.39, 0.29) is 6.04 Å². The average molecular weight is 306 g/mol. The molecule has 0 bridgehead atoms. The van der Waals surface area contributed by atoms with Gasteiger partial charge in [-0.25, -0.2) is 0 Å². The van der Waals surface area contributed by atoms with E-state index < -0.39 is 0 Å². The fraction of sp³-hybridized carbons (Fsp3) is 0.263. The Kier molecular flexibility index (Phi) is 4.83. The fourth-order valence-electron chi connectivity index (χ4n) is 2.57. The number of aromatic nitrogens is 3. The lowest BCUT2D eigenvalue weighted by Gasteiger charge is -2.13. The van der Waals surface area contributed by atoms with Gasteiger partial charge in [0.05, 0.1) is 6.54 Å². The molecule has 0 unspecified atom stereocenters. The van der Waals surface area contributed by atoms with Gasteiger partial charge in [-0.1, -0.05) is 60.7 Å². The summed E-state index contributed by atoms with van der Waals surface area (Å²) in [5.41, 5.74) is 4.33. The Balaban J connectivity index is 1.79. The van der Waals surface area contributed by atoms with Crippen LogP contribution in [0.2, 0.25) is 0 Å². The molecule has 1 N–H and O–H groups in total. The molecule has 0 spiro atoms. The van der Waals surface area contributed by atoms with Gasteiger partial charge in [-0.05, 0) is 19.4 Å². The Hall–Kier alpha value is -2.46. The predicted octanol–water partition coefficient (Wildman–Crippen LogP) is 3.82. The van der Waals surface area contributed by atoms with Gasteiger partial charge in [0.2, 0.25) is 0 Å². The minimum absolute atomic E-state index is 0.270. The summed E-state index contributed by atoms with van der Waals surface area (Å²) in [5.74, 6) is 0. The summed E-state index contributed by atoms with van der Waals surface area (Å²) in [6.45, 7) is 5.69. The van der Waals surface area contributed by atoms with Gasteiger partial charge in [0.15, 0.2) is 0 Å². The summed E-state index contributed by atoms with van der Waals surface area (Å²) < 4.78 is 0. The largest absolute Gasteiger partial charge is 0.304 e. The molecule has 3 aromatic rings. The molecule has 0 saturated heterocycles. The van der Waals surface area contributed by atoms with Crippen LogP contribution in [0.15, 0.2) is 60.7 Å². The quantitative estimate of drug-likeness (QED) is 0.753. The van der Waals surface area contributed by atoms with Crippen molar-refractivity contribution in [2.75, 3.05) is 0 Å². The first-order valence-corrected chi connectivity index (χ1v) is 8.05. The molecule has 23 heavy (non-hydrogen) atoms. The summed E-state index contributed by atoms with van der Waals surface area (Å²) in [6, 6.07) is 21.0. The van der Waals surface area contributed by atoms with E-state index in [4.69, 9.17) is 0 Å². The highest BCUT2D eigenvalue weighted by Crippen LogP contribution is 2.21. The zero-order valence-electron chi connectivity index (χ0n) is 13.6. The normalized spacial score (nSPS) is 12.3. The van der Waals surface area contributed by atoms with Gasteiger partial charge >= 0.3 is 0 Å². The van der Waals surface area contributed by atoms with E-state index in [0.717, 1.165) is 23.5 Å². The first kappa shape index (κ1) is 15.4. The molecule has 1 aromatic heterocycles. The van der Waals surface area contributed by atoms with Gasteiger partial charge < -0.3 is 5.32 Å². The highest BCUT2D eigenvalue weighted by atomic mass is 15.5. The Morgan fingerprint density at radius 2 is 1.61 bits per heavy atom. The summed E-state index contributed by atoms with van der Waals surface area (Å²) in [5, 5.41) is 12.8. The van der Waals surface area contributed by atoms with Gasteiger partial charge in [-0.2, -0.15) is 15.0 Å². The molecule has 1 atom stereocenters. The predicted molar refractivity (Wildman–Crippen MR) is 92.8 cm³/mol. The number of hydrogen-bond donors (Lipinski definition) is 1. The van der Waals surface area contributed by atoms with Crippen LogP contribution in [-0.2, 0) is 13.1 Å². The van der Waals surface area contributed by atoms with Crippen molar-refractivity contribution in [2.45, 2.75) is 33.0 Å². The van der Waals surface area contributed by atoms with Crippen LogP contribution < -0.4 is 5.32 Å². The van der Waals surface area contributed by atoms with Gasteiger partial charge in [-0.3, -0.25) is 0 Å². The van der Waals surface area contributed by atoms with Crippen molar-refractivity contribution in [2.24, 2.45) is 0 Å². The second-order valence-electron chi connectivity index (χ2n) is 5.56.